The number of anilines is 3. The summed E-state index contributed by atoms with van der Waals surface area (Å²) in [6.45, 7) is 0. The highest BCUT2D eigenvalue weighted by Crippen LogP contribution is 2.50. The SMILES string of the molecule is c1ccc(-c2ccc(-c3ccc(N(c4cccc5c4sc4c(-c6ccccc6)cc(-c6ccccc6)cc45)c4cccc5oc6ccccc6c45)cc3)cc2)cc1. The van der Waals surface area contributed by atoms with Gasteiger partial charge < -0.3 is 9.32 Å². The average molecular weight is 746 g/mol. The normalized spacial score (nSPS) is 11.5. The Balaban J connectivity index is 1.12. The van der Waals surface area contributed by atoms with Crippen LogP contribution >= 0.6 is 11.3 Å². The minimum absolute atomic E-state index is 0.871. The van der Waals surface area contributed by atoms with Gasteiger partial charge in [-0.05, 0) is 87.5 Å². The van der Waals surface area contributed by atoms with E-state index in [-0.39, 0.29) is 0 Å². The van der Waals surface area contributed by atoms with Gasteiger partial charge >= 0.3 is 0 Å². The fraction of sp³-hybridized carbons (Fsp3) is 0. The topological polar surface area (TPSA) is 16.4 Å². The first-order valence-electron chi connectivity index (χ1n) is 19.3. The van der Waals surface area contributed by atoms with Crippen molar-refractivity contribution in [1.29, 1.82) is 0 Å². The summed E-state index contributed by atoms with van der Waals surface area (Å²) in [7, 11) is 0. The van der Waals surface area contributed by atoms with Gasteiger partial charge in [0.2, 0.25) is 0 Å². The van der Waals surface area contributed by atoms with Crippen molar-refractivity contribution in [1.82, 2.24) is 0 Å². The van der Waals surface area contributed by atoms with Crippen LogP contribution in [0.1, 0.15) is 0 Å². The van der Waals surface area contributed by atoms with Crippen molar-refractivity contribution in [2.24, 2.45) is 0 Å². The molecule has 268 valence electrons. The molecule has 0 atom stereocenters. The van der Waals surface area contributed by atoms with Crippen LogP contribution in [0.3, 0.4) is 0 Å². The highest BCUT2D eigenvalue weighted by atomic mass is 32.1. The summed E-state index contributed by atoms with van der Waals surface area (Å²) in [4.78, 5) is 2.44. The first-order chi connectivity index (χ1) is 28.3. The molecule has 0 aliphatic rings. The molecular weight excluding hydrogens is 711 g/mol. The van der Waals surface area contributed by atoms with Crippen LogP contribution < -0.4 is 4.90 Å². The second-order valence-electron chi connectivity index (χ2n) is 14.5. The third-order valence-corrected chi connectivity index (χ3v) is 12.4. The van der Waals surface area contributed by atoms with Gasteiger partial charge in [0.1, 0.15) is 11.2 Å². The van der Waals surface area contributed by atoms with E-state index >= 15 is 0 Å². The number of hydrogen-bond donors (Lipinski definition) is 0. The number of furan rings is 1. The number of nitrogens with zero attached hydrogens (tertiary/aromatic N) is 1. The maximum Gasteiger partial charge on any atom is 0.137 e. The highest BCUT2D eigenvalue weighted by Gasteiger charge is 2.23. The molecule has 0 bridgehead atoms. The van der Waals surface area contributed by atoms with Gasteiger partial charge in [0.15, 0.2) is 0 Å². The molecule has 0 spiro atoms. The molecule has 3 heteroatoms. The molecule has 57 heavy (non-hydrogen) atoms. The fourth-order valence-corrected chi connectivity index (χ4v) is 9.65. The van der Waals surface area contributed by atoms with Crippen molar-refractivity contribution in [2.75, 3.05) is 4.90 Å². The van der Waals surface area contributed by atoms with E-state index in [1.807, 2.05) is 17.4 Å². The predicted molar refractivity (Wildman–Crippen MR) is 243 cm³/mol. The lowest BCUT2D eigenvalue weighted by Gasteiger charge is -2.27. The molecule has 2 heterocycles. The Kier molecular flexibility index (Phi) is 8.04. The summed E-state index contributed by atoms with van der Waals surface area (Å²) < 4.78 is 8.98. The van der Waals surface area contributed by atoms with Crippen molar-refractivity contribution < 1.29 is 4.42 Å². The molecule has 0 radical (unpaired) electrons. The molecule has 0 aliphatic carbocycles. The summed E-state index contributed by atoms with van der Waals surface area (Å²) in [5, 5.41) is 4.71. The van der Waals surface area contributed by atoms with Gasteiger partial charge in [-0.3, -0.25) is 0 Å². The fourth-order valence-electron chi connectivity index (χ4n) is 8.33. The second-order valence-corrected chi connectivity index (χ2v) is 15.5. The summed E-state index contributed by atoms with van der Waals surface area (Å²) in [5.74, 6) is 0. The zero-order valence-electron chi connectivity index (χ0n) is 31.0. The van der Waals surface area contributed by atoms with Crippen molar-refractivity contribution in [3.05, 3.63) is 212 Å². The van der Waals surface area contributed by atoms with E-state index < -0.39 is 0 Å². The van der Waals surface area contributed by atoms with Crippen LogP contribution in [0.2, 0.25) is 0 Å². The third kappa shape index (κ3) is 5.80. The zero-order valence-corrected chi connectivity index (χ0v) is 31.8. The molecule has 2 nitrogen and oxygen atoms in total. The van der Waals surface area contributed by atoms with Gasteiger partial charge in [-0.15, -0.1) is 11.3 Å². The standard InChI is InChI=1S/C54H35NOS/c1-4-14-36(15-5-1)38-26-28-39(29-27-38)40-30-32-43(33-31-40)55(48-22-13-25-51-52(48)45-20-10-11-24-50(45)56-51)49-23-12-21-44-47-35-42(37-16-6-2-7-17-37)34-46(53(47)57-54(44)49)41-18-8-3-9-19-41/h1-35H. The molecule has 0 unspecified atom stereocenters. The van der Waals surface area contributed by atoms with Crippen LogP contribution in [-0.2, 0) is 0 Å². The summed E-state index contributed by atoms with van der Waals surface area (Å²) in [6.07, 6.45) is 0. The van der Waals surface area contributed by atoms with Gasteiger partial charge in [-0.1, -0.05) is 164 Å². The maximum atomic E-state index is 6.46. The molecule has 0 aliphatic heterocycles. The first-order valence-corrected chi connectivity index (χ1v) is 20.1. The Bertz CT molecular complexity index is 3200. The van der Waals surface area contributed by atoms with E-state index in [4.69, 9.17) is 4.42 Å². The minimum Gasteiger partial charge on any atom is -0.456 e. The van der Waals surface area contributed by atoms with Crippen LogP contribution in [-0.4, -0.2) is 0 Å². The van der Waals surface area contributed by atoms with Crippen LogP contribution in [0.15, 0.2) is 217 Å². The number of hydrogen-bond acceptors (Lipinski definition) is 3. The Morgan fingerprint density at radius 1 is 0.333 bits per heavy atom. The number of fused-ring (bicyclic) bond motifs is 6. The Morgan fingerprint density at radius 2 is 0.842 bits per heavy atom. The van der Waals surface area contributed by atoms with Crippen LogP contribution in [0.5, 0.6) is 0 Å². The summed E-state index contributed by atoms with van der Waals surface area (Å²) >= 11 is 1.88. The predicted octanol–water partition coefficient (Wildman–Crippen LogP) is 16.1. The zero-order chi connectivity index (χ0) is 37.7. The van der Waals surface area contributed by atoms with Crippen LogP contribution in [0.4, 0.5) is 17.1 Å². The molecule has 0 amide bonds. The molecule has 0 saturated carbocycles. The van der Waals surface area contributed by atoms with Gasteiger partial charge in [0.25, 0.3) is 0 Å². The second kappa shape index (κ2) is 13.8. The number of rotatable bonds is 7. The molecule has 11 rings (SSSR count). The monoisotopic (exact) mass is 745 g/mol. The average Bonchev–Trinajstić information content (AvgIpc) is 3.87. The van der Waals surface area contributed by atoms with E-state index in [2.05, 4.69) is 211 Å². The summed E-state index contributed by atoms with van der Waals surface area (Å²) in [6, 6.07) is 76.3. The van der Waals surface area contributed by atoms with Gasteiger partial charge in [0, 0.05) is 32.1 Å². The number of para-hydroxylation sites is 1. The van der Waals surface area contributed by atoms with Gasteiger partial charge in [-0.25, -0.2) is 0 Å². The molecule has 0 fully saturated rings. The van der Waals surface area contributed by atoms with Crippen LogP contribution in [0.25, 0.3) is 86.6 Å². The molecule has 2 aromatic heterocycles. The maximum absolute atomic E-state index is 6.46. The lowest BCUT2D eigenvalue weighted by Crippen LogP contribution is -2.10. The van der Waals surface area contributed by atoms with Crippen molar-refractivity contribution in [3.63, 3.8) is 0 Å². The van der Waals surface area contributed by atoms with Crippen molar-refractivity contribution in [2.45, 2.75) is 0 Å². The van der Waals surface area contributed by atoms with E-state index in [9.17, 15) is 0 Å². The molecule has 0 saturated heterocycles. The van der Waals surface area contributed by atoms with E-state index in [1.54, 1.807) is 0 Å². The first kappa shape index (κ1) is 33.2. The Morgan fingerprint density at radius 3 is 1.53 bits per heavy atom. The highest BCUT2D eigenvalue weighted by molar-refractivity contribution is 7.27. The third-order valence-electron chi connectivity index (χ3n) is 11.1. The minimum atomic E-state index is 0.871. The quantitative estimate of drug-likeness (QED) is 0.162. The number of thiophene rings is 1. The molecule has 0 N–H and O–H groups in total. The smallest absolute Gasteiger partial charge is 0.137 e. The van der Waals surface area contributed by atoms with Crippen molar-refractivity contribution in [3.8, 4) is 44.5 Å². The largest absolute Gasteiger partial charge is 0.456 e. The van der Waals surface area contributed by atoms with Gasteiger partial charge in [0.05, 0.1) is 21.5 Å². The van der Waals surface area contributed by atoms with Gasteiger partial charge in [-0.2, -0.15) is 0 Å². The molecule has 11 aromatic rings. The van der Waals surface area contributed by atoms with E-state index in [0.717, 1.165) is 39.0 Å². The van der Waals surface area contributed by atoms with E-state index in [0.29, 0.717) is 0 Å². The van der Waals surface area contributed by atoms with Crippen molar-refractivity contribution >= 4 is 70.5 Å². The molecule has 9 aromatic carbocycles. The summed E-state index contributed by atoms with van der Waals surface area (Å²) in [5.41, 5.74) is 14.7. The number of benzene rings is 9. The Labute approximate surface area is 335 Å². The molecular formula is C54H35NOS. The lowest BCUT2D eigenvalue weighted by atomic mass is 9.96. The van der Waals surface area contributed by atoms with Crippen LogP contribution in [0, 0.1) is 0 Å². The Hall–Kier alpha value is -7.20. The van der Waals surface area contributed by atoms with E-state index in [1.165, 1.54) is 64.7 Å². The lowest BCUT2D eigenvalue weighted by molar-refractivity contribution is 0.669.